The van der Waals surface area contributed by atoms with E-state index < -0.39 is 0 Å². The fourth-order valence-corrected chi connectivity index (χ4v) is 0.502. The normalized spacial score (nSPS) is 9.43. The van der Waals surface area contributed by atoms with Gasteiger partial charge in [-0.25, -0.2) is 5.26 Å². The quantitative estimate of drug-likeness (QED) is 0.202. The predicted octanol–water partition coefficient (Wildman–Crippen LogP) is 0.986. The minimum absolute atomic E-state index is 0.698. The number of thiol groups is 1. The zero-order chi connectivity index (χ0) is 5.54. The maximum atomic E-state index is 7.52. The van der Waals surface area contributed by atoms with Crippen LogP contribution >= 0.6 is 24.7 Å². The minimum Gasteiger partial charge on any atom is -0.220 e. The van der Waals surface area contributed by atoms with E-state index in [0.29, 0.717) is 11.5 Å². The molecule has 5 heteroatoms. The Morgan fingerprint density at radius 3 is 2.86 bits per heavy atom. The van der Waals surface area contributed by atoms with Crippen LogP contribution in [-0.4, -0.2) is 16.8 Å². The first-order valence-electron chi connectivity index (χ1n) is 1.62. The van der Waals surface area contributed by atoms with Crippen LogP contribution in [0, 0.1) is 0 Å². The number of hydrogen-bond acceptors (Lipinski definition) is 5. The van der Waals surface area contributed by atoms with Crippen molar-refractivity contribution >= 4 is 24.7 Å². The van der Waals surface area contributed by atoms with E-state index in [1.54, 1.807) is 0 Å². The second kappa shape index (κ2) is 6.58. The maximum absolute atomic E-state index is 7.52. The van der Waals surface area contributed by atoms with Crippen molar-refractivity contribution in [3.05, 3.63) is 0 Å². The first-order valence-corrected chi connectivity index (χ1v) is 3.16. The van der Waals surface area contributed by atoms with Gasteiger partial charge < -0.3 is 0 Å². The van der Waals surface area contributed by atoms with Crippen LogP contribution < -0.4 is 0 Å². The number of rotatable bonds is 4. The Balaban J connectivity index is 2.45. The molecule has 0 aromatic rings. The van der Waals surface area contributed by atoms with Gasteiger partial charge in [0.1, 0.15) is 0 Å². The van der Waals surface area contributed by atoms with Crippen molar-refractivity contribution in [1.29, 1.82) is 0 Å². The highest BCUT2D eigenvalue weighted by Crippen LogP contribution is 2.00. The van der Waals surface area contributed by atoms with Gasteiger partial charge in [0.15, 0.2) is 0 Å². The van der Waals surface area contributed by atoms with Crippen molar-refractivity contribution in [2.24, 2.45) is 0 Å². The van der Waals surface area contributed by atoms with E-state index in [0.717, 1.165) is 12.0 Å². The molecule has 0 unspecified atom stereocenters. The molecule has 0 heterocycles. The summed E-state index contributed by atoms with van der Waals surface area (Å²) in [6.45, 7) is 0. The largest absolute Gasteiger partial charge is 0.220 e. The lowest BCUT2D eigenvalue weighted by atomic mass is 11.0. The second-order valence-electron chi connectivity index (χ2n) is 0.688. The van der Waals surface area contributed by atoms with E-state index >= 15 is 0 Å². The Morgan fingerprint density at radius 2 is 2.43 bits per heavy atom. The highest BCUT2D eigenvalue weighted by atomic mass is 32.2. The zero-order valence-electron chi connectivity index (χ0n) is 3.53. The molecule has 3 nitrogen and oxygen atoms in total. The van der Waals surface area contributed by atoms with Crippen molar-refractivity contribution in [2.45, 2.75) is 0 Å². The molecule has 7 heavy (non-hydrogen) atoms. The molecule has 0 rings (SSSR count). The Labute approximate surface area is 51.5 Å². The van der Waals surface area contributed by atoms with Crippen LogP contribution in [0.2, 0.25) is 0 Å². The summed E-state index contributed by atoms with van der Waals surface area (Å²) in [5.41, 5.74) is 0. The molecule has 0 bridgehead atoms. The lowest BCUT2D eigenvalue weighted by Crippen LogP contribution is -1.82. The molecule has 0 amide bonds. The van der Waals surface area contributed by atoms with E-state index in [1.807, 2.05) is 0 Å². The fraction of sp³-hybridized carbons (Fsp3) is 1.00. The summed E-state index contributed by atoms with van der Waals surface area (Å²) in [5, 5.41) is 10.8. The van der Waals surface area contributed by atoms with Crippen molar-refractivity contribution in [3.63, 3.8) is 0 Å². The molecular formula is C2H6O3S2. The maximum Gasteiger partial charge on any atom is 0.0354 e. The van der Waals surface area contributed by atoms with Gasteiger partial charge in [0.05, 0.1) is 0 Å². The van der Waals surface area contributed by atoms with Gasteiger partial charge >= 0.3 is 0 Å². The molecule has 44 valence electrons. The monoisotopic (exact) mass is 142 g/mol. The summed E-state index contributed by atoms with van der Waals surface area (Å²) < 4.78 is 4.00. The van der Waals surface area contributed by atoms with Crippen molar-refractivity contribution in [1.82, 2.24) is 0 Å². The molecule has 0 aliphatic carbocycles. The summed E-state index contributed by atoms with van der Waals surface area (Å²) in [5.74, 6) is 1.40. The van der Waals surface area contributed by atoms with Gasteiger partial charge in [0, 0.05) is 23.5 Å². The molecule has 0 aliphatic rings. The van der Waals surface area contributed by atoms with Crippen LogP contribution in [0.3, 0.4) is 0 Å². The third kappa shape index (κ3) is 6.58. The Hall–Kier alpha value is 0.580. The van der Waals surface area contributed by atoms with Crippen molar-refractivity contribution in [3.8, 4) is 0 Å². The van der Waals surface area contributed by atoms with E-state index in [9.17, 15) is 0 Å². The highest BCUT2D eigenvalue weighted by Gasteiger charge is 1.82. The molecule has 0 atom stereocenters. The van der Waals surface area contributed by atoms with Crippen molar-refractivity contribution in [2.75, 3.05) is 11.5 Å². The van der Waals surface area contributed by atoms with Gasteiger partial charge in [-0.05, 0) is 0 Å². The minimum atomic E-state index is 0.698. The van der Waals surface area contributed by atoms with Crippen molar-refractivity contribution < 1.29 is 14.6 Å². The van der Waals surface area contributed by atoms with Gasteiger partial charge in [0.2, 0.25) is 0 Å². The smallest absolute Gasteiger partial charge is 0.0354 e. The second-order valence-corrected chi connectivity index (χ2v) is 1.92. The Kier molecular flexibility index (Phi) is 7.13. The van der Waals surface area contributed by atoms with Crippen LogP contribution in [0.25, 0.3) is 0 Å². The first kappa shape index (κ1) is 7.58. The third-order valence-corrected chi connectivity index (χ3v) is 1.31. The summed E-state index contributed by atoms with van der Waals surface area (Å²) in [6.07, 6.45) is 0. The van der Waals surface area contributed by atoms with Crippen LogP contribution in [0.5, 0.6) is 0 Å². The molecule has 0 aliphatic heterocycles. The van der Waals surface area contributed by atoms with E-state index in [4.69, 9.17) is 5.26 Å². The molecule has 0 saturated heterocycles. The molecule has 0 aromatic heterocycles. The van der Waals surface area contributed by atoms with Gasteiger partial charge in [-0.15, -0.1) is 4.33 Å². The molecule has 1 N–H and O–H groups in total. The summed E-state index contributed by atoms with van der Waals surface area (Å²) in [7, 11) is 0. The first-order chi connectivity index (χ1) is 3.41. The third-order valence-electron chi connectivity index (χ3n) is 0.253. The lowest BCUT2D eigenvalue weighted by molar-refractivity contribution is -0.432. The average molecular weight is 142 g/mol. The zero-order valence-corrected chi connectivity index (χ0v) is 5.24. The predicted molar refractivity (Wildman–Crippen MR) is 31.1 cm³/mol. The summed E-state index contributed by atoms with van der Waals surface area (Å²) in [4.78, 5) is 0. The number of hydrogen-bond donors (Lipinski definition) is 2. The van der Waals surface area contributed by atoms with Gasteiger partial charge in [0.25, 0.3) is 0 Å². The van der Waals surface area contributed by atoms with Crippen LogP contribution in [-0.2, 0) is 9.37 Å². The fourth-order valence-electron chi connectivity index (χ4n) is 0.0928. The van der Waals surface area contributed by atoms with Crippen LogP contribution in [0.1, 0.15) is 0 Å². The SMILES string of the molecule is OOOSCCS. The van der Waals surface area contributed by atoms with Gasteiger partial charge in [-0.2, -0.15) is 12.6 Å². The Morgan fingerprint density at radius 1 is 1.71 bits per heavy atom. The molecule has 0 saturated carbocycles. The standard InChI is InChI=1S/C2H6O3S2/c3-4-5-7-2-1-6/h3,6H,1-2H2. The molecule has 0 aromatic carbocycles. The lowest BCUT2D eigenvalue weighted by Gasteiger charge is -1.89. The summed E-state index contributed by atoms with van der Waals surface area (Å²) in [6, 6.07) is 0. The van der Waals surface area contributed by atoms with Gasteiger partial charge in [-0.1, -0.05) is 5.04 Å². The van der Waals surface area contributed by atoms with E-state index in [-0.39, 0.29) is 0 Å². The molecule has 0 radical (unpaired) electrons. The van der Waals surface area contributed by atoms with E-state index in [2.05, 4.69) is 22.0 Å². The highest BCUT2D eigenvalue weighted by molar-refractivity contribution is 7.95. The van der Waals surface area contributed by atoms with E-state index in [1.165, 1.54) is 0 Å². The molecular weight excluding hydrogens is 136 g/mol. The van der Waals surface area contributed by atoms with Crippen LogP contribution in [0.15, 0.2) is 0 Å². The average Bonchev–Trinajstić information content (AvgIpc) is 1.69. The molecule has 0 spiro atoms. The topological polar surface area (TPSA) is 38.7 Å². The molecule has 0 fully saturated rings. The Bertz CT molecular complexity index is 30.1. The van der Waals surface area contributed by atoms with Gasteiger partial charge in [-0.3, -0.25) is 0 Å². The van der Waals surface area contributed by atoms with Crippen LogP contribution in [0.4, 0.5) is 0 Å². The summed E-state index contributed by atoms with van der Waals surface area (Å²) >= 11 is 4.86.